The topological polar surface area (TPSA) is 12.5 Å². The van der Waals surface area contributed by atoms with Crippen molar-refractivity contribution in [2.24, 2.45) is 0 Å². The van der Waals surface area contributed by atoms with Crippen molar-refractivity contribution in [3.05, 3.63) is 42.0 Å². The molecule has 0 N–H and O–H groups in total. The molecule has 1 aromatic carbocycles. The van der Waals surface area contributed by atoms with Crippen LogP contribution in [0.5, 0.6) is 5.75 Å². The van der Waals surface area contributed by atoms with Crippen LogP contribution in [0.25, 0.3) is 0 Å². The summed E-state index contributed by atoms with van der Waals surface area (Å²) in [4.78, 5) is 2.26. The Morgan fingerprint density at radius 2 is 1.84 bits per heavy atom. The summed E-state index contributed by atoms with van der Waals surface area (Å²) in [5, 5.41) is 0. The van der Waals surface area contributed by atoms with Crippen LogP contribution in [0.1, 0.15) is 25.8 Å². The van der Waals surface area contributed by atoms with Crippen molar-refractivity contribution >= 4 is 12.4 Å². The molecule has 1 atom stereocenters. The molecule has 0 saturated carbocycles. The summed E-state index contributed by atoms with van der Waals surface area (Å²) in [6.07, 6.45) is 6.31. The predicted octanol–water partition coefficient (Wildman–Crippen LogP) is 3.95. The Labute approximate surface area is 123 Å². The van der Waals surface area contributed by atoms with Gasteiger partial charge in [-0.3, -0.25) is 0 Å². The first-order chi connectivity index (χ1) is 8.63. The molecule has 0 radical (unpaired) electrons. The highest BCUT2D eigenvalue weighted by Crippen LogP contribution is 2.14. The third kappa shape index (κ3) is 7.24. The number of rotatable bonds is 7. The first kappa shape index (κ1) is 18.0. The lowest BCUT2D eigenvalue weighted by Crippen LogP contribution is -2.24. The number of halogens is 1. The molecule has 0 aliphatic heterocycles. The number of nitrogens with zero attached hydrogens (tertiary/aromatic N) is 1. The van der Waals surface area contributed by atoms with Crippen molar-refractivity contribution in [1.82, 2.24) is 4.90 Å². The predicted molar refractivity (Wildman–Crippen MR) is 85.5 cm³/mol. The second-order valence-corrected chi connectivity index (χ2v) is 4.88. The Morgan fingerprint density at radius 1 is 1.21 bits per heavy atom. The number of benzene rings is 1. The van der Waals surface area contributed by atoms with Crippen LogP contribution in [0.4, 0.5) is 0 Å². The zero-order valence-electron chi connectivity index (χ0n) is 12.4. The van der Waals surface area contributed by atoms with Crippen LogP contribution in [0.15, 0.2) is 36.4 Å². The minimum absolute atomic E-state index is 0. The van der Waals surface area contributed by atoms with Crippen molar-refractivity contribution in [3.8, 4) is 5.75 Å². The first-order valence-corrected chi connectivity index (χ1v) is 6.62. The van der Waals surface area contributed by atoms with Crippen molar-refractivity contribution in [2.75, 3.05) is 20.7 Å². The van der Waals surface area contributed by atoms with Crippen molar-refractivity contribution in [1.29, 1.82) is 0 Å². The van der Waals surface area contributed by atoms with Crippen molar-refractivity contribution < 1.29 is 4.74 Å². The Kier molecular flexibility index (Phi) is 9.36. The van der Waals surface area contributed by atoms with Gasteiger partial charge in [0.15, 0.2) is 0 Å². The monoisotopic (exact) mass is 283 g/mol. The molecule has 3 heteroatoms. The smallest absolute Gasteiger partial charge is 0.119 e. The average molecular weight is 284 g/mol. The molecule has 0 bridgehead atoms. The lowest BCUT2D eigenvalue weighted by molar-refractivity contribution is 0.299. The van der Waals surface area contributed by atoms with Gasteiger partial charge < -0.3 is 9.64 Å². The Morgan fingerprint density at radius 3 is 2.37 bits per heavy atom. The molecule has 2 nitrogen and oxygen atoms in total. The van der Waals surface area contributed by atoms with Gasteiger partial charge in [-0.2, -0.15) is 0 Å². The molecule has 0 heterocycles. The van der Waals surface area contributed by atoms with Gasteiger partial charge in [0.1, 0.15) is 12.4 Å². The zero-order valence-corrected chi connectivity index (χ0v) is 13.2. The van der Waals surface area contributed by atoms with Crippen LogP contribution >= 0.6 is 12.4 Å². The number of hydrogen-bond donors (Lipinski definition) is 0. The summed E-state index contributed by atoms with van der Waals surface area (Å²) < 4.78 is 5.57. The number of hydrogen-bond acceptors (Lipinski definition) is 2. The Hall–Kier alpha value is -0.990. The van der Waals surface area contributed by atoms with Gasteiger partial charge in [-0.25, -0.2) is 0 Å². The summed E-state index contributed by atoms with van der Waals surface area (Å²) in [5.74, 6) is 0.942. The highest BCUT2D eigenvalue weighted by atomic mass is 35.5. The molecule has 0 aromatic heterocycles. The van der Waals surface area contributed by atoms with Crippen LogP contribution < -0.4 is 4.74 Å². The van der Waals surface area contributed by atoms with E-state index in [-0.39, 0.29) is 12.4 Å². The van der Waals surface area contributed by atoms with E-state index in [9.17, 15) is 0 Å². The lowest BCUT2D eigenvalue weighted by atomic mass is 10.1. The maximum Gasteiger partial charge on any atom is 0.119 e. The zero-order chi connectivity index (χ0) is 13.4. The fourth-order valence-corrected chi connectivity index (χ4v) is 1.63. The highest BCUT2D eigenvalue weighted by Gasteiger charge is 2.04. The number of aryl methyl sites for hydroxylation is 1. The van der Waals surface area contributed by atoms with Gasteiger partial charge in [0, 0.05) is 6.04 Å². The normalized spacial score (nSPS) is 12.5. The molecular weight excluding hydrogens is 258 g/mol. The van der Waals surface area contributed by atoms with E-state index in [1.54, 1.807) is 0 Å². The van der Waals surface area contributed by atoms with E-state index in [1.807, 2.05) is 19.1 Å². The number of allylic oxidation sites excluding steroid dienone is 1. The lowest BCUT2D eigenvalue weighted by Gasteiger charge is -2.19. The minimum Gasteiger partial charge on any atom is -0.490 e. The van der Waals surface area contributed by atoms with Crippen LogP contribution in [0.2, 0.25) is 0 Å². The third-order valence-electron chi connectivity index (χ3n) is 3.24. The van der Waals surface area contributed by atoms with Crippen molar-refractivity contribution in [2.45, 2.75) is 32.7 Å². The van der Waals surface area contributed by atoms with E-state index in [2.05, 4.69) is 50.2 Å². The molecule has 0 amide bonds. The van der Waals surface area contributed by atoms with Crippen LogP contribution in [-0.2, 0) is 6.42 Å². The fraction of sp³-hybridized carbons (Fsp3) is 0.500. The van der Waals surface area contributed by atoms with Gasteiger partial charge in [0.25, 0.3) is 0 Å². The molecular formula is C16H26ClNO. The molecule has 0 aliphatic carbocycles. The standard InChI is InChI=1S/C16H25NO.ClH/c1-5-6-13-18-16-11-9-15(10-12-16)8-7-14(2)17(3)4;/h5-6,9-12,14H,7-8,13H2,1-4H3;1H. The van der Waals surface area contributed by atoms with E-state index in [4.69, 9.17) is 4.74 Å². The molecule has 19 heavy (non-hydrogen) atoms. The van der Waals surface area contributed by atoms with Gasteiger partial charge in [-0.1, -0.05) is 24.3 Å². The van der Waals surface area contributed by atoms with Crippen LogP contribution in [0, 0.1) is 0 Å². The highest BCUT2D eigenvalue weighted by molar-refractivity contribution is 5.85. The second kappa shape index (κ2) is 9.88. The quantitative estimate of drug-likeness (QED) is 0.703. The Balaban J connectivity index is 0.00000324. The van der Waals surface area contributed by atoms with Gasteiger partial charge in [-0.15, -0.1) is 12.4 Å². The average Bonchev–Trinajstić information content (AvgIpc) is 2.37. The SMILES string of the molecule is CC=CCOc1ccc(CCC(C)N(C)C)cc1.Cl. The molecule has 0 saturated heterocycles. The maximum absolute atomic E-state index is 5.57. The molecule has 108 valence electrons. The maximum atomic E-state index is 5.57. The van der Waals surface area contributed by atoms with E-state index < -0.39 is 0 Å². The summed E-state index contributed by atoms with van der Waals surface area (Å²) >= 11 is 0. The van der Waals surface area contributed by atoms with Gasteiger partial charge in [0.05, 0.1) is 0 Å². The van der Waals surface area contributed by atoms with Gasteiger partial charge in [-0.05, 0) is 58.5 Å². The summed E-state index contributed by atoms with van der Waals surface area (Å²) in [5.41, 5.74) is 1.38. The summed E-state index contributed by atoms with van der Waals surface area (Å²) in [6.45, 7) is 4.90. The third-order valence-corrected chi connectivity index (χ3v) is 3.24. The van der Waals surface area contributed by atoms with Crippen molar-refractivity contribution in [3.63, 3.8) is 0 Å². The van der Waals surface area contributed by atoms with E-state index in [0.29, 0.717) is 12.6 Å². The van der Waals surface area contributed by atoms with E-state index in [1.165, 1.54) is 12.0 Å². The molecule has 0 fully saturated rings. The first-order valence-electron chi connectivity index (χ1n) is 6.62. The molecule has 0 spiro atoms. The fourth-order valence-electron chi connectivity index (χ4n) is 1.63. The number of ether oxygens (including phenoxy) is 1. The molecule has 1 aromatic rings. The molecule has 0 aliphatic rings. The van der Waals surface area contributed by atoms with E-state index >= 15 is 0 Å². The van der Waals surface area contributed by atoms with Crippen LogP contribution in [-0.4, -0.2) is 31.6 Å². The second-order valence-electron chi connectivity index (χ2n) is 4.88. The largest absolute Gasteiger partial charge is 0.490 e. The van der Waals surface area contributed by atoms with Gasteiger partial charge >= 0.3 is 0 Å². The summed E-state index contributed by atoms with van der Waals surface area (Å²) in [6, 6.07) is 9.05. The Bertz CT molecular complexity index is 360. The summed E-state index contributed by atoms with van der Waals surface area (Å²) in [7, 11) is 4.26. The van der Waals surface area contributed by atoms with E-state index in [0.717, 1.165) is 12.2 Å². The van der Waals surface area contributed by atoms with Crippen LogP contribution in [0.3, 0.4) is 0 Å². The van der Waals surface area contributed by atoms with Gasteiger partial charge in [0.2, 0.25) is 0 Å². The minimum atomic E-state index is 0. The molecule has 1 unspecified atom stereocenters. The molecule has 1 rings (SSSR count).